The van der Waals surface area contributed by atoms with Crippen molar-refractivity contribution in [2.75, 3.05) is 148 Å². The van der Waals surface area contributed by atoms with Gasteiger partial charge in [-0.15, -0.1) is 40.8 Å². The lowest BCUT2D eigenvalue weighted by Crippen LogP contribution is -2.65. The number of anilines is 8. The van der Waals surface area contributed by atoms with Crippen molar-refractivity contribution in [1.82, 2.24) is 55.5 Å². The summed E-state index contributed by atoms with van der Waals surface area (Å²) in [5, 5.41) is 32.4. The quantitative estimate of drug-likeness (QED) is 0.180. The minimum absolute atomic E-state index is 0.107. The molecule has 9 heterocycles. The fraction of sp³-hybridized carbons (Fsp3) is 0.679. The summed E-state index contributed by atoms with van der Waals surface area (Å²) in [5.41, 5.74) is 22.1. The predicted octanol–water partition coefficient (Wildman–Crippen LogP) is 4.87. The Hall–Kier alpha value is -5.95. The van der Waals surface area contributed by atoms with Gasteiger partial charge in [0.15, 0.2) is 31.6 Å². The molecule has 4 aromatic rings. The van der Waals surface area contributed by atoms with Crippen LogP contribution in [-0.4, -0.2) is 199 Å². The Kier molecular flexibility index (Phi) is 17.8. The van der Waals surface area contributed by atoms with Crippen LogP contribution in [0.1, 0.15) is 80.1 Å². The number of piperazine rings is 2. The number of aromatic nitrogens is 8. The zero-order valence-electron chi connectivity index (χ0n) is 47.3. The van der Waals surface area contributed by atoms with Gasteiger partial charge in [-0.25, -0.2) is 4.79 Å². The van der Waals surface area contributed by atoms with E-state index in [1.54, 1.807) is 12.1 Å². The number of ether oxygens (including phenoxy) is 2. The third kappa shape index (κ3) is 15.2. The molecule has 2 aliphatic carbocycles. The van der Waals surface area contributed by atoms with Crippen LogP contribution in [0.15, 0.2) is 48.5 Å². The normalized spacial score (nSPS) is 20.9. The number of hydrogen-bond donors (Lipinski definition) is 4. The van der Waals surface area contributed by atoms with Crippen molar-refractivity contribution >= 4 is 61.0 Å². The molecule has 77 heavy (non-hydrogen) atoms. The molecule has 2 spiro atoms. The third-order valence-corrected chi connectivity index (χ3v) is 20.8. The van der Waals surface area contributed by atoms with E-state index in [-0.39, 0.29) is 11.6 Å². The lowest BCUT2D eigenvalue weighted by Gasteiger charge is -2.60. The average molecular weight is 1080 g/mol. The van der Waals surface area contributed by atoms with Gasteiger partial charge in [-0.2, -0.15) is 0 Å². The van der Waals surface area contributed by atoms with Crippen LogP contribution in [0.3, 0.4) is 0 Å². The Balaban J connectivity index is 0.000000137. The molecule has 23 nitrogen and oxygen atoms in total. The van der Waals surface area contributed by atoms with E-state index in [0.717, 1.165) is 128 Å². The number of likely N-dealkylation sites (N-methyl/N-ethyl adjacent to an activating group) is 1. The Morgan fingerprint density at radius 2 is 1.03 bits per heavy atom. The van der Waals surface area contributed by atoms with Crippen molar-refractivity contribution in [3.8, 4) is 0 Å². The summed E-state index contributed by atoms with van der Waals surface area (Å²) in [4.78, 5) is 28.1. The molecule has 11 rings (SSSR count). The molecule has 0 unspecified atom stereocenters. The van der Waals surface area contributed by atoms with Crippen LogP contribution in [0.4, 0.5) is 51.3 Å². The molecule has 7 aliphatic rings. The zero-order valence-corrected chi connectivity index (χ0v) is 48.3. The number of rotatable bonds is 7. The van der Waals surface area contributed by atoms with Crippen LogP contribution in [0.2, 0.25) is 18.1 Å². The highest BCUT2D eigenvalue weighted by atomic mass is 28.4. The van der Waals surface area contributed by atoms with Crippen LogP contribution >= 0.6 is 0 Å². The maximum absolute atomic E-state index is 12.4. The van der Waals surface area contributed by atoms with E-state index in [2.05, 4.69) is 111 Å². The van der Waals surface area contributed by atoms with Gasteiger partial charge in [0.05, 0.1) is 18.8 Å². The molecule has 5 aliphatic heterocycles. The van der Waals surface area contributed by atoms with Crippen LogP contribution in [0, 0.1) is 5.41 Å². The van der Waals surface area contributed by atoms with Gasteiger partial charge in [0.1, 0.15) is 28.9 Å². The Labute approximate surface area is 456 Å². The number of piperidine rings is 1. The summed E-state index contributed by atoms with van der Waals surface area (Å²) in [6.07, 6.45) is 7.01. The second kappa shape index (κ2) is 24.0. The van der Waals surface area contributed by atoms with E-state index in [0.29, 0.717) is 52.4 Å². The van der Waals surface area contributed by atoms with Crippen molar-refractivity contribution in [2.45, 2.75) is 121 Å². The van der Waals surface area contributed by atoms with Crippen molar-refractivity contribution < 1.29 is 18.7 Å². The largest absolute Gasteiger partial charge is 0.444 e. The van der Waals surface area contributed by atoms with Crippen LogP contribution in [-0.2, 0) is 13.9 Å². The van der Waals surface area contributed by atoms with E-state index in [4.69, 9.17) is 36.8 Å². The molecule has 1 amide bonds. The molecule has 422 valence electrons. The third-order valence-electron chi connectivity index (χ3n) is 16.2. The van der Waals surface area contributed by atoms with Crippen LogP contribution in [0.25, 0.3) is 0 Å². The van der Waals surface area contributed by atoms with Crippen molar-refractivity contribution in [2.24, 2.45) is 5.41 Å². The Morgan fingerprint density at radius 1 is 0.584 bits per heavy atom. The van der Waals surface area contributed by atoms with Gasteiger partial charge < -0.3 is 61.3 Å². The van der Waals surface area contributed by atoms with Gasteiger partial charge in [-0.1, -0.05) is 20.8 Å². The number of carbonyl (C=O) groups is 1. The van der Waals surface area contributed by atoms with Crippen molar-refractivity contribution in [3.63, 3.8) is 0 Å². The van der Waals surface area contributed by atoms with E-state index < -0.39 is 13.9 Å². The van der Waals surface area contributed by atoms with E-state index >= 15 is 0 Å². The highest BCUT2D eigenvalue weighted by molar-refractivity contribution is 6.74. The Bertz CT molecular complexity index is 2480. The summed E-state index contributed by atoms with van der Waals surface area (Å²) in [6.45, 7) is 31.7. The van der Waals surface area contributed by atoms with Crippen LogP contribution < -0.4 is 42.5 Å². The number of nitrogens with zero attached hydrogens (tertiary/aromatic N) is 15. The molecule has 0 bridgehead atoms. The molecule has 0 radical (unpaired) electrons. The SMILES string of the molecule is CC(C)(C)OC(=O)N1CCN(c2ccc(N)nn2)CC12CC2.CC(C)(C)[Si](C)(C)OC1CC2(C1)CN(c1ccc(N)nn1)C2.CN1CCN(c2ccc(N)nn2)CC1.Nc1ccc(N2CCC(N3CCOCC3)CC2)nn1. The monoisotopic (exact) mass is 1080 g/mol. The van der Waals surface area contributed by atoms with E-state index in [9.17, 15) is 4.79 Å². The lowest BCUT2D eigenvalue weighted by atomic mass is 9.62. The highest BCUT2D eigenvalue weighted by Crippen LogP contribution is 2.52. The summed E-state index contributed by atoms with van der Waals surface area (Å²) < 4.78 is 17.4. The molecular weight excluding hydrogens is 995 g/mol. The molecule has 2 saturated carbocycles. The first-order valence-corrected chi connectivity index (χ1v) is 30.4. The maximum Gasteiger partial charge on any atom is 0.410 e. The minimum Gasteiger partial charge on any atom is -0.444 e. The number of nitrogens with two attached hydrogens (primary N) is 4. The van der Waals surface area contributed by atoms with Gasteiger partial charge in [-0.3, -0.25) is 9.80 Å². The lowest BCUT2D eigenvalue weighted by molar-refractivity contribution is -0.0415. The number of morpholine rings is 1. The zero-order chi connectivity index (χ0) is 55.2. The van der Waals surface area contributed by atoms with Gasteiger partial charge >= 0.3 is 6.09 Å². The first-order chi connectivity index (χ1) is 36.5. The second-order valence-electron chi connectivity index (χ2n) is 24.5. The molecule has 8 N–H and O–H groups in total. The molecule has 0 atom stereocenters. The summed E-state index contributed by atoms with van der Waals surface area (Å²) in [5.74, 6) is 5.46. The van der Waals surface area contributed by atoms with E-state index in [1.165, 1.54) is 25.7 Å². The molecule has 5 saturated heterocycles. The first kappa shape index (κ1) is 57.2. The predicted molar refractivity (Wildman–Crippen MR) is 306 cm³/mol. The van der Waals surface area contributed by atoms with Gasteiger partial charge in [0.2, 0.25) is 0 Å². The van der Waals surface area contributed by atoms with Crippen molar-refractivity contribution in [3.05, 3.63) is 48.5 Å². The van der Waals surface area contributed by atoms with Crippen molar-refractivity contribution in [1.29, 1.82) is 0 Å². The Morgan fingerprint density at radius 3 is 1.45 bits per heavy atom. The van der Waals surface area contributed by atoms with Crippen LogP contribution in [0.5, 0.6) is 0 Å². The number of nitrogen functional groups attached to an aromatic ring is 4. The maximum atomic E-state index is 12.4. The van der Waals surface area contributed by atoms with Gasteiger partial charge in [0, 0.05) is 103 Å². The molecule has 24 heteroatoms. The topological polar surface area (TPSA) is 275 Å². The van der Waals surface area contributed by atoms with Gasteiger partial charge in [-0.05, 0) is 133 Å². The number of amides is 1. The number of carbonyl (C=O) groups excluding carboxylic acids is 1. The standard InChI is InChI=1S/C16H28N4OSi.C15H23N5O2.C13H21N5O.C9H15N5/c1-15(2,3)22(4,5)21-12-8-16(9-12)10-20(11-16)14-7-6-13(17)18-19-14;1-14(2,3)22-13(21)20-9-8-19(10-15(20)6-7-15)12-5-4-11(16)17-18-12;14-12-1-2-13(16-15-12)18-5-3-11(4-6-18)17-7-9-19-10-8-17;1-13-4-6-14(7-5-13)9-3-2-8(10)11-12-9/h6-7,12H,8-11H2,1-5H3,(H2,17,18);4-5H,6-10H2,1-3H3,(H2,16,17);1-2,11H,3-10H2,(H2,14,15);2-3H,4-7H2,1H3,(H2,10,11). The fourth-order valence-electron chi connectivity index (χ4n) is 10.6. The minimum atomic E-state index is -1.63. The first-order valence-electron chi connectivity index (χ1n) is 27.5. The molecule has 7 fully saturated rings. The highest BCUT2D eigenvalue weighted by Gasteiger charge is 2.56. The van der Waals surface area contributed by atoms with E-state index in [1.807, 2.05) is 62.1 Å². The summed E-state index contributed by atoms with van der Waals surface area (Å²) in [7, 11) is 0.505. The molecule has 0 aromatic carbocycles. The summed E-state index contributed by atoms with van der Waals surface area (Å²) >= 11 is 0. The molecule has 4 aromatic heterocycles. The smallest absolute Gasteiger partial charge is 0.410 e. The number of hydrogen-bond acceptors (Lipinski definition) is 22. The molecular formula is C53H87N19O4Si. The fourth-order valence-corrected chi connectivity index (χ4v) is 11.9. The summed E-state index contributed by atoms with van der Waals surface area (Å²) in [6, 6.07) is 15.6. The second-order valence-corrected chi connectivity index (χ2v) is 29.2. The average Bonchev–Trinajstić information content (AvgIpc) is 4.16. The van der Waals surface area contributed by atoms with Gasteiger partial charge in [0.25, 0.3) is 0 Å².